The van der Waals surface area contributed by atoms with Crippen LogP contribution < -0.4 is 9.80 Å². The molecular formula is C80H58N2. The van der Waals surface area contributed by atoms with E-state index in [0.717, 1.165) is 38.5 Å². The Hall–Kier alpha value is -9.50. The fourth-order valence-electron chi connectivity index (χ4n) is 16.9. The van der Waals surface area contributed by atoms with Crippen molar-refractivity contribution in [2.24, 2.45) is 5.92 Å². The third kappa shape index (κ3) is 6.25. The molecule has 2 aliphatic heterocycles. The number of rotatable bonds is 4. The van der Waals surface area contributed by atoms with Gasteiger partial charge in [-0.05, 0) is 204 Å². The van der Waals surface area contributed by atoms with Crippen molar-refractivity contribution in [3.8, 4) is 33.4 Å². The number of nitrogens with zero attached hydrogens (tertiary/aromatic N) is 2. The zero-order valence-corrected chi connectivity index (χ0v) is 45.7. The first-order valence-electron chi connectivity index (χ1n) is 29.8. The molecule has 0 saturated heterocycles. The van der Waals surface area contributed by atoms with Crippen molar-refractivity contribution in [2.75, 3.05) is 9.80 Å². The minimum atomic E-state index is -0.497. The summed E-state index contributed by atoms with van der Waals surface area (Å²) in [6, 6.07) is 84.5. The van der Waals surface area contributed by atoms with Gasteiger partial charge >= 0.3 is 0 Å². The third-order valence-electron chi connectivity index (χ3n) is 20.2. The van der Waals surface area contributed by atoms with Gasteiger partial charge in [0.05, 0.1) is 10.8 Å². The second kappa shape index (κ2) is 17.5. The normalized spacial score (nSPS) is 20.0. The van der Waals surface area contributed by atoms with E-state index >= 15 is 0 Å². The zero-order chi connectivity index (χ0) is 53.7. The van der Waals surface area contributed by atoms with Crippen LogP contribution in [-0.4, -0.2) is 0 Å². The molecule has 82 heavy (non-hydrogen) atoms. The van der Waals surface area contributed by atoms with Gasteiger partial charge in [-0.25, -0.2) is 0 Å². The Balaban J connectivity index is 0.789. The molecule has 8 aliphatic rings. The van der Waals surface area contributed by atoms with Gasteiger partial charge in [0.2, 0.25) is 0 Å². The van der Waals surface area contributed by atoms with Crippen LogP contribution in [0.3, 0.4) is 0 Å². The predicted molar refractivity (Wildman–Crippen MR) is 339 cm³/mol. The molecule has 10 aromatic rings. The number of para-hydroxylation sites is 3. The molecule has 2 heterocycles. The molecule has 0 N–H and O–H groups in total. The van der Waals surface area contributed by atoms with Gasteiger partial charge in [0.25, 0.3) is 0 Å². The number of hydrogen-bond donors (Lipinski definition) is 0. The molecule has 0 radical (unpaired) electrons. The quantitative estimate of drug-likeness (QED) is 0.162. The van der Waals surface area contributed by atoms with Gasteiger partial charge in [0.15, 0.2) is 0 Å². The maximum absolute atomic E-state index is 2.62. The smallest absolute Gasteiger partial charge is 0.0726 e. The fraction of sp³-hybridized carbons (Fsp3) is 0.125. The van der Waals surface area contributed by atoms with Crippen molar-refractivity contribution in [3.63, 3.8) is 0 Å². The monoisotopic (exact) mass is 1050 g/mol. The van der Waals surface area contributed by atoms with Crippen LogP contribution in [0.2, 0.25) is 0 Å². The maximum Gasteiger partial charge on any atom is 0.0726 e. The highest BCUT2D eigenvalue weighted by atomic mass is 15.2. The number of benzene rings is 10. The molecule has 6 aliphatic carbocycles. The summed E-state index contributed by atoms with van der Waals surface area (Å²) in [7, 11) is 0. The van der Waals surface area contributed by atoms with E-state index in [1.807, 2.05) is 0 Å². The summed E-state index contributed by atoms with van der Waals surface area (Å²) in [4.78, 5) is 5.17. The Kier molecular flexibility index (Phi) is 9.88. The lowest BCUT2D eigenvalue weighted by molar-refractivity contribution is 0.465. The van der Waals surface area contributed by atoms with Crippen molar-refractivity contribution in [3.05, 3.63) is 338 Å². The van der Waals surface area contributed by atoms with Crippen LogP contribution in [-0.2, 0) is 30.1 Å². The maximum atomic E-state index is 2.62. The van der Waals surface area contributed by atoms with Gasteiger partial charge < -0.3 is 9.80 Å². The van der Waals surface area contributed by atoms with E-state index in [0.29, 0.717) is 0 Å². The van der Waals surface area contributed by atoms with Gasteiger partial charge in [-0.15, -0.1) is 0 Å². The number of hydrogen-bond acceptors (Lipinski definition) is 2. The second-order valence-corrected chi connectivity index (χ2v) is 23.9. The predicted octanol–water partition coefficient (Wildman–Crippen LogP) is 19.6. The largest absolute Gasteiger partial charge is 0.314 e. The minimum absolute atomic E-state index is 0.215. The van der Waals surface area contributed by atoms with Crippen LogP contribution in [0.1, 0.15) is 97.5 Å². The number of aryl methyl sites for hydroxylation is 3. The highest BCUT2D eigenvalue weighted by Gasteiger charge is 2.57. The van der Waals surface area contributed by atoms with Crippen LogP contribution in [0.15, 0.2) is 266 Å². The van der Waals surface area contributed by atoms with Gasteiger partial charge in [0, 0.05) is 46.0 Å². The van der Waals surface area contributed by atoms with Crippen molar-refractivity contribution in [1.29, 1.82) is 0 Å². The van der Waals surface area contributed by atoms with Crippen LogP contribution in [0.4, 0.5) is 28.4 Å². The standard InChI is InChI=1S/C80H58N2/c1-13-29-75-53(17-1)37-38-54-18-2-14-30-76(54)81(75)57-41-45-65-63-43-35-51(47-71(63)79(73(65)49-57)67-25-9-5-21-59(67)60-22-6-10-26-68(60)79)33-34-52-36-44-64-66-46-42-58(82-77-31-15-3-19-55(77)39-40-56-20-4-16-32-78(56)82)50-74(66)80(72(64)48-52)69-27-11-7-23-61(69)62-24-8-12-28-70(62)80/h1-15,17-31,33-36,41-50,59,67H,16,32,37-40H2/b34-33+. The molecule has 3 unspecified atom stereocenters. The SMILES string of the molecule is C1=CC2c3ccccc3C3(c4cc(/C=C/c5ccc6c(c5)C5(c7ccccc7-c7ccccc75)c5cc(N7C8=C(C=CCC8)CCc8ccccc87)ccc5-6)ccc4-c4ccc(N5c6ccccc6CCc6ccccc65)cc43)C2C=C1. The van der Waals surface area contributed by atoms with E-state index < -0.39 is 10.8 Å². The average Bonchev–Trinajstić information content (AvgIpc) is 1.88. The van der Waals surface area contributed by atoms with Crippen molar-refractivity contribution >= 4 is 40.6 Å². The number of allylic oxidation sites excluding steroid dienone is 8. The van der Waals surface area contributed by atoms with Crippen LogP contribution in [0.5, 0.6) is 0 Å². The van der Waals surface area contributed by atoms with Crippen LogP contribution in [0.25, 0.3) is 45.5 Å². The van der Waals surface area contributed by atoms with E-state index in [2.05, 4.69) is 277 Å². The molecule has 0 fully saturated rings. The number of fused-ring (bicyclic) bond motifs is 23. The van der Waals surface area contributed by atoms with Crippen LogP contribution in [0, 0.1) is 5.92 Å². The molecule has 0 bridgehead atoms. The van der Waals surface area contributed by atoms with Crippen molar-refractivity contribution in [2.45, 2.75) is 55.3 Å². The fourth-order valence-corrected chi connectivity index (χ4v) is 16.9. The molecule has 0 saturated carbocycles. The Morgan fingerprint density at radius 1 is 0.378 bits per heavy atom. The van der Waals surface area contributed by atoms with E-state index in [-0.39, 0.29) is 11.8 Å². The minimum Gasteiger partial charge on any atom is -0.314 e. The second-order valence-electron chi connectivity index (χ2n) is 23.9. The topological polar surface area (TPSA) is 6.48 Å². The molecule has 2 heteroatoms. The lowest BCUT2D eigenvalue weighted by Crippen LogP contribution is -2.33. The summed E-state index contributed by atoms with van der Waals surface area (Å²) < 4.78 is 0. The van der Waals surface area contributed by atoms with Gasteiger partial charge in [-0.1, -0.05) is 212 Å². The molecule has 0 aromatic heterocycles. The van der Waals surface area contributed by atoms with Gasteiger partial charge in [0.1, 0.15) is 0 Å². The molecular weight excluding hydrogens is 989 g/mol. The van der Waals surface area contributed by atoms with E-state index in [9.17, 15) is 0 Å². The van der Waals surface area contributed by atoms with Crippen molar-refractivity contribution < 1.29 is 0 Å². The molecule has 3 atom stereocenters. The van der Waals surface area contributed by atoms with E-state index in [1.54, 1.807) is 0 Å². The Morgan fingerprint density at radius 2 is 0.854 bits per heavy atom. The summed E-state index contributed by atoms with van der Waals surface area (Å²) in [6.07, 6.45) is 25.3. The summed E-state index contributed by atoms with van der Waals surface area (Å²) in [5.74, 6) is 0.485. The first-order chi connectivity index (χ1) is 40.7. The highest BCUT2D eigenvalue weighted by Crippen LogP contribution is 2.67. The zero-order valence-electron chi connectivity index (χ0n) is 45.7. The summed E-state index contributed by atoms with van der Waals surface area (Å²) in [5, 5.41) is 0. The van der Waals surface area contributed by atoms with Crippen LogP contribution >= 0.6 is 0 Å². The first-order valence-corrected chi connectivity index (χ1v) is 29.8. The molecule has 0 amide bonds. The molecule has 2 nitrogen and oxygen atoms in total. The molecule has 388 valence electrons. The summed E-state index contributed by atoms with van der Waals surface area (Å²) >= 11 is 0. The number of anilines is 5. The Morgan fingerprint density at radius 3 is 1.52 bits per heavy atom. The van der Waals surface area contributed by atoms with E-state index in [1.165, 1.54) is 145 Å². The lowest BCUT2D eigenvalue weighted by Gasteiger charge is -2.37. The van der Waals surface area contributed by atoms with Gasteiger partial charge in [-0.3, -0.25) is 0 Å². The van der Waals surface area contributed by atoms with Gasteiger partial charge in [-0.2, -0.15) is 0 Å². The summed E-state index contributed by atoms with van der Waals surface area (Å²) in [6.45, 7) is 0. The first kappa shape index (κ1) is 46.3. The molecule has 2 spiro atoms. The van der Waals surface area contributed by atoms with E-state index in [4.69, 9.17) is 0 Å². The molecule has 18 rings (SSSR count). The highest BCUT2D eigenvalue weighted by molar-refractivity contribution is 5.97. The van der Waals surface area contributed by atoms with Crippen molar-refractivity contribution in [1.82, 2.24) is 0 Å². The third-order valence-corrected chi connectivity index (χ3v) is 20.2. The Labute approximate surface area is 480 Å². The summed E-state index contributed by atoms with van der Waals surface area (Å²) in [5.41, 5.74) is 34.0. The average molecular weight is 1050 g/mol. The lowest BCUT2D eigenvalue weighted by atomic mass is 9.65. The molecule has 10 aromatic carbocycles. The Bertz CT molecular complexity index is 4480.